The summed E-state index contributed by atoms with van der Waals surface area (Å²) >= 11 is 3.36. The minimum absolute atomic E-state index is 0.195. The van der Waals surface area contributed by atoms with Gasteiger partial charge in [0.2, 0.25) is 5.95 Å². The van der Waals surface area contributed by atoms with Gasteiger partial charge in [-0.2, -0.15) is 4.98 Å². The number of aromatic carboxylic acids is 1. The van der Waals surface area contributed by atoms with Gasteiger partial charge in [0.1, 0.15) is 11.6 Å². The Morgan fingerprint density at radius 1 is 1.00 bits per heavy atom. The fourth-order valence-electron chi connectivity index (χ4n) is 2.01. The molecule has 0 unspecified atom stereocenters. The summed E-state index contributed by atoms with van der Waals surface area (Å²) in [6.07, 6.45) is 1.58. The molecule has 0 fully saturated rings. The van der Waals surface area contributed by atoms with Crippen molar-refractivity contribution in [1.82, 2.24) is 9.97 Å². The number of nitrogens with one attached hydrogen (secondary N) is 2. The lowest BCUT2D eigenvalue weighted by Gasteiger charge is -2.10. The molecule has 0 saturated carbocycles. The lowest BCUT2D eigenvalue weighted by atomic mass is 10.2. The number of carbonyl (C=O) groups is 1. The fourth-order valence-corrected chi connectivity index (χ4v) is 2.30. The van der Waals surface area contributed by atoms with Crippen molar-refractivity contribution in [3.8, 4) is 0 Å². The molecule has 6 nitrogen and oxygen atoms in total. The lowest BCUT2D eigenvalue weighted by Crippen LogP contribution is -2.02. The summed E-state index contributed by atoms with van der Waals surface area (Å²) in [4.78, 5) is 19.4. The molecule has 3 rings (SSSR count). The molecule has 2 aromatic carbocycles. The largest absolute Gasteiger partial charge is 0.478 e. The van der Waals surface area contributed by atoms with Gasteiger partial charge < -0.3 is 15.7 Å². The Kier molecular flexibility index (Phi) is 4.90. The molecule has 0 saturated heterocycles. The molecule has 0 spiro atoms. The molecule has 0 aliphatic rings. The first-order valence-electron chi connectivity index (χ1n) is 7.17. The monoisotopic (exact) mass is 402 g/mol. The summed E-state index contributed by atoms with van der Waals surface area (Å²) in [6, 6.07) is 12.1. The smallest absolute Gasteiger partial charge is 0.335 e. The van der Waals surface area contributed by atoms with Crippen LogP contribution in [0.4, 0.5) is 27.5 Å². The van der Waals surface area contributed by atoms with Crippen LogP contribution in [0.5, 0.6) is 0 Å². The molecule has 1 aromatic heterocycles. The van der Waals surface area contributed by atoms with Crippen LogP contribution in [0, 0.1) is 5.82 Å². The number of halogens is 2. The molecular formula is C17H12BrFN4O2. The molecule has 25 heavy (non-hydrogen) atoms. The number of anilines is 4. The van der Waals surface area contributed by atoms with Gasteiger partial charge >= 0.3 is 5.97 Å². The topological polar surface area (TPSA) is 87.1 Å². The van der Waals surface area contributed by atoms with Gasteiger partial charge in [-0.3, -0.25) is 0 Å². The number of aromatic nitrogens is 2. The summed E-state index contributed by atoms with van der Waals surface area (Å²) in [5.74, 6) is -0.473. The third-order valence-corrected chi connectivity index (χ3v) is 3.82. The van der Waals surface area contributed by atoms with Crippen LogP contribution in [-0.2, 0) is 0 Å². The summed E-state index contributed by atoms with van der Waals surface area (Å²) in [5.41, 5.74) is 1.53. The van der Waals surface area contributed by atoms with Crippen LogP contribution in [0.3, 0.4) is 0 Å². The van der Waals surface area contributed by atoms with Crippen molar-refractivity contribution >= 4 is 45.0 Å². The van der Waals surface area contributed by atoms with Crippen molar-refractivity contribution in [2.45, 2.75) is 0 Å². The zero-order valence-electron chi connectivity index (χ0n) is 12.7. The van der Waals surface area contributed by atoms with E-state index in [9.17, 15) is 9.18 Å². The van der Waals surface area contributed by atoms with Gasteiger partial charge in [-0.05, 0) is 64.5 Å². The van der Waals surface area contributed by atoms with E-state index in [1.165, 1.54) is 24.3 Å². The molecule has 3 aromatic rings. The SMILES string of the molecule is O=C(O)c1ccc(Nc2ncc(Br)c(Nc3ccc(F)cc3)n2)cc1. The molecule has 126 valence electrons. The quantitative estimate of drug-likeness (QED) is 0.579. The van der Waals surface area contributed by atoms with Crippen molar-refractivity contribution in [1.29, 1.82) is 0 Å². The van der Waals surface area contributed by atoms with Gasteiger partial charge in [-0.25, -0.2) is 14.2 Å². The van der Waals surface area contributed by atoms with E-state index in [0.717, 1.165) is 0 Å². The van der Waals surface area contributed by atoms with Crippen LogP contribution in [0.2, 0.25) is 0 Å². The van der Waals surface area contributed by atoms with E-state index < -0.39 is 5.97 Å². The number of hydrogen-bond donors (Lipinski definition) is 3. The Bertz CT molecular complexity index is 902. The Morgan fingerprint density at radius 2 is 1.60 bits per heavy atom. The number of benzene rings is 2. The van der Waals surface area contributed by atoms with Crippen LogP contribution in [0.15, 0.2) is 59.2 Å². The molecule has 3 N–H and O–H groups in total. The summed E-state index contributed by atoms with van der Waals surface area (Å²) in [7, 11) is 0. The number of carboxylic acid groups (broad SMARTS) is 1. The molecule has 8 heteroatoms. The first-order valence-corrected chi connectivity index (χ1v) is 7.96. The zero-order valence-corrected chi connectivity index (χ0v) is 14.3. The summed E-state index contributed by atoms with van der Waals surface area (Å²) in [6.45, 7) is 0. The molecule has 0 aliphatic carbocycles. The van der Waals surface area contributed by atoms with Crippen LogP contribution >= 0.6 is 15.9 Å². The van der Waals surface area contributed by atoms with E-state index >= 15 is 0 Å². The highest BCUT2D eigenvalue weighted by Gasteiger charge is 2.07. The maximum Gasteiger partial charge on any atom is 0.335 e. The second kappa shape index (κ2) is 7.27. The van der Waals surface area contributed by atoms with E-state index in [1.807, 2.05) is 0 Å². The van der Waals surface area contributed by atoms with Crippen molar-refractivity contribution in [3.05, 3.63) is 70.6 Å². The number of rotatable bonds is 5. The molecule has 0 atom stereocenters. The highest BCUT2D eigenvalue weighted by molar-refractivity contribution is 9.10. The zero-order chi connectivity index (χ0) is 17.8. The summed E-state index contributed by atoms with van der Waals surface area (Å²) < 4.78 is 13.6. The minimum Gasteiger partial charge on any atom is -0.478 e. The van der Waals surface area contributed by atoms with Crippen LogP contribution < -0.4 is 10.6 Å². The number of nitrogens with zero attached hydrogens (tertiary/aromatic N) is 2. The Labute approximate surface area is 150 Å². The van der Waals surface area contributed by atoms with Crippen LogP contribution in [-0.4, -0.2) is 21.0 Å². The van der Waals surface area contributed by atoms with Crippen molar-refractivity contribution in [2.24, 2.45) is 0 Å². The first kappa shape index (κ1) is 16.8. The molecule has 0 amide bonds. The van der Waals surface area contributed by atoms with E-state index in [4.69, 9.17) is 5.11 Å². The Hall–Kier alpha value is -3.00. The predicted octanol–water partition coefficient (Wildman–Crippen LogP) is 4.56. The van der Waals surface area contributed by atoms with Crippen molar-refractivity contribution in [3.63, 3.8) is 0 Å². The van der Waals surface area contributed by atoms with E-state index in [2.05, 4.69) is 36.5 Å². The molecule has 0 bridgehead atoms. The van der Waals surface area contributed by atoms with Gasteiger partial charge in [0.15, 0.2) is 0 Å². The second-order valence-corrected chi connectivity index (χ2v) is 5.88. The highest BCUT2D eigenvalue weighted by Crippen LogP contribution is 2.25. The fraction of sp³-hybridized carbons (Fsp3) is 0. The third-order valence-electron chi connectivity index (χ3n) is 3.24. The maximum atomic E-state index is 13.0. The van der Waals surface area contributed by atoms with Crippen LogP contribution in [0.25, 0.3) is 0 Å². The normalized spacial score (nSPS) is 10.3. The molecular weight excluding hydrogens is 391 g/mol. The number of hydrogen-bond acceptors (Lipinski definition) is 5. The van der Waals surface area contributed by atoms with Gasteiger partial charge in [0, 0.05) is 17.6 Å². The lowest BCUT2D eigenvalue weighted by molar-refractivity contribution is 0.0697. The van der Waals surface area contributed by atoms with E-state index in [0.29, 0.717) is 27.6 Å². The van der Waals surface area contributed by atoms with Gasteiger partial charge in [-0.1, -0.05) is 0 Å². The van der Waals surface area contributed by atoms with Gasteiger partial charge in [-0.15, -0.1) is 0 Å². The van der Waals surface area contributed by atoms with Crippen LogP contribution in [0.1, 0.15) is 10.4 Å². The van der Waals surface area contributed by atoms with Crippen molar-refractivity contribution < 1.29 is 14.3 Å². The summed E-state index contributed by atoms with van der Waals surface area (Å²) in [5, 5.41) is 15.0. The Balaban J connectivity index is 1.78. The highest BCUT2D eigenvalue weighted by atomic mass is 79.9. The molecule has 1 heterocycles. The van der Waals surface area contributed by atoms with E-state index in [-0.39, 0.29) is 11.4 Å². The third kappa shape index (κ3) is 4.30. The second-order valence-electron chi connectivity index (χ2n) is 5.03. The molecule has 0 aliphatic heterocycles. The average Bonchev–Trinajstić information content (AvgIpc) is 2.60. The Morgan fingerprint density at radius 3 is 2.24 bits per heavy atom. The standard InChI is InChI=1S/C17H12BrFN4O2/c18-14-9-20-17(22-13-5-1-10(2-6-13)16(24)25)23-15(14)21-12-7-3-11(19)4-8-12/h1-9H,(H,24,25)(H2,20,21,22,23). The predicted molar refractivity (Wildman–Crippen MR) is 96.1 cm³/mol. The maximum absolute atomic E-state index is 13.0. The van der Waals surface area contributed by atoms with E-state index in [1.54, 1.807) is 30.5 Å². The first-order chi connectivity index (χ1) is 12.0. The molecule has 0 radical (unpaired) electrons. The van der Waals surface area contributed by atoms with Gasteiger partial charge in [0.25, 0.3) is 0 Å². The van der Waals surface area contributed by atoms with Crippen molar-refractivity contribution in [2.75, 3.05) is 10.6 Å². The average molecular weight is 403 g/mol. The number of carboxylic acids is 1. The minimum atomic E-state index is -0.989. The van der Waals surface area contributed by atoms with Gasteiger partial charge in [0.05, 0.1) is 10.0 Å².